The smallest absolute Gasteiger partial charge is 0.339 e. The number of para-hydroxylation sites is 1. The van der Waals surface area contributed by atoms with Gasteiger partial charge in [0.2, 0.25) is 0 Å². The summed E-state index contributed by atoms with van der Waals surface area (Å²) >= 11 is 0. The first-order valence-electron chi connectivity index (χ1n) is 8.15. The van der Waals surface area contributed by atoms with E-state index in [1.54, 1.807) is 0 Å². The number of carbonyl (C=O) groups excluding carboxylic acids is 1. The summed E-state index contributed by atoms with van der Waals surface area (Å²) in [5, 5.41) is 0. The molecule has 0 aliphatic heterocycles. The van der Waals surface area contributed by atoms with Crippen LogP contribution in [0.1, 0.15) is 26.2 Å². The van der Waals surface area contributed by atoms with Gasteiger partial charge in [-0.2, -0.15) is 0 Å². The fourth-order valence-electron chi connectivity index (χ4n) is 3.23. The van der Waals surface area contributed by atoms with E-state index in [9.17, 15) is 4.79 Å². The summed E-state index contributed by atoms with van der Waals surface area (Å²) in [6.07, 6.45) is 4.91. The Morgan fingerprint density at radius 1 is 1.27 bits per heavy atom. The maximum atomic E-state index is 12.2. The van der Waals surface area contributed by atoms with Crippen LogP contribution in [0.5, 0.6) is 5.75 Å². The molecule has 1 atom stereocenters. The van der Waals surface area contributed by atoms with E-state index in [1.807, 2.05) is 30.3 Å². The molecule has 0 fully saturated rings. The van der Waals surface area contributed by atoms with Gasteiger partial charge >= 0.3 is 5.97 Å². The molecular formula is C18H27NO2Si. The number of hydrogen-bond acceptors (Lipinski definition) is 3. The lowest BCUT2D eigenvalue weighted by atomic mass is 9.95. The minimum Gasteiger partial charge on any atom is -0.423 e. The molecule has 1 aromatic carbocycles. The highest BCUT2D eigenvalue weighted by Crippen LogP contribution is 2.27. The molecule has 1 aliphatic carbocycles. The Labute approximate surface area is 135 Å². The summed E-state index contributed by atoms with van der Waals surface area (Å²) in [5.74, 6) is 0.425. The zero-order chi connectivity index (χ0) is 16.2. The quantitative estimate of drug-likeness (QED) is 0.462. The van der Waals surface area contributed by atoms with Gasteiger partial charge < -0.3 is 9.30 Å². The van der Waals surface area contributed by atoms with Crippen LogP contribution in [0, 0.1) is 0 Å². The van der Waals surface area contributed by atoms with Gasteiger partial charge in [-0.1, -0.05) is 50.8 Å². The Kier molecular flexibility index (Phi) is 5.59. The summed E-state index contributed by atoms with van der Waals surface area (Å²) in [6, 6.07) is 9.87. The van der Waals surface area contributed by atoms with Crippen LogP contribution in [0.3, 0.4) is 0 Å². The molecule has 120 valence electrons. The fourth-order valence-corrected chi connectivity index (χ4v) is 5.51. The Hall–Kier alpha value is -1.39. The summed E-state index contributed by atoms with van der Waals surface area (Å²) in [7, 11) is -1.30. The molecule has 0 heterocycles. The number of rotatable bonds is 5. The van der Waals surface area contributed by atoms with Gasteiger partial charge in [-0.15, -0.1) is 0 Å². The highest BCUT2D eigenvalue weighted by Gasteiger charge is 2.31. The van der Waals surface area contributed by atoms with E-state index in [2.05, 4.69) is 37.2 Å². The van der Waals surface area contributed by atoms with Crippen LogP contribution in [0.25, 0.3) is 0 Å². The van der Waals surface area contributed by atoms with Gasteiger partial charge in [0.1, 0.15) is 14.0 Å². The Morgan fingerprint density at radius 2 is 1.95 bits per heavy atom. The number of esters is 1. The van der Waals surface area contributed by atoms with Crippen molar-refractivity contribution in [2.45, 2.75) is 51.9 Å². The first-order chi connectivity index (χ1) is 10.4. The molecule has 0 amide bonds. The van der Waals surface area contributed by atoms with Crippen molar-refractivity contribution in [3.63, 3.8) is 0 Å². The topological polar surface area (TPSA) is 29.5 Å². The minimum atomic E-state index is -1.30. The Morgan fingerprint density at radius 3 is 2.45 bits per heavy atom. The maximum Gasteiger partial charge on any atom is 0.339 e. The zero-order valence-electron chi connectivity index (χ0n) is 14.1. The Balaban J connectivity index is 1.98. The van der Waals surface area contributed by atoms with Crippen molar-refractivity contribution in [2.24, 2.45) is 0 Å². The van der Waals surface area contributed by atoms with Crippen LogP contribution in [0.4, 0.5) is 0 Å². The highest BCUT2D eigenvalue weighted by molar-refractivity contribution is 6.73. The minimum absolute atomic E-state index is 0.194. The summed E-state index contributed by atoms with van der Waals surface area (Å²) in [5.41, 5.74) is 0.826. The lowest BCUT2D eigenvalue weighted by Gasteiger charge is -2.41. The summed E-state index contributed by atoms with van der Waals surface area (Å²) < 4.78 is 8.09. The lowest BCUT2D eigenvalue weighted by molar-refractivity contribution is -0.130. The lowest BCUT2D eigenvalue weighted by Crippen LogP contribution is -2.52. The summed E-state index contributed by atoms with van der Waals surface area (Å²) in [4.78, 5) is 12.2. The molecule has 0 radical (unpaired) electrons. The van der Waals surface area contributed by atoms with Gasteiger partial charge in [0.25, 0.3) is 0 Å². The molecular weight excluding hydrogens is 290 g/mol. The average Bonchev–Trinajstić information content (AvgIpc) is 2.48. The predicted molar refractivity (Wildman–Crippen MR) is 93.5 cm³/mol. The number of benzene rings is 1. The van der Waals surface area contributed by atoms with Crippen LogP contribution in [-0.4, -0.2) is 31.4 Å². The van der Waals surface area contributed by atoms with E-state index in [-0.39, 0.29) is 5.97 Å². The zero-order valence-corrected chi connectivity index (χ0v) is 15.1. The SMILES string of the molecule is CCN(C1CC=C(C(=O)Oc2ccccc2)CC1)[Si](C)(C)C. The van der Waals surface area contributed by atoms with E-state index in [1.165, 1.54) is 0 Å². The van der Waals surface area contributed by atoms with Crippen molar-refractivity contribution < 1.29 is 9.53 Å². The third-order valence-corrected chi connectivity index (χ3v) is 6.65. The number of nitrogens with zero attached hydrogens (tertiary/aromatic N) is 1. The molecule has 0 N–H and O–H groups in total. The average molecular weight is 318 g/mol. The summed E-state index contributed by atoms with van der Waals surface area (Å²) in [6.45, 7) is 10.5. The maximum absolute atomic E-state index is 12.2. The van der Waals surface area contributed by atoms with Gasteiger partial charge in [0, 0.05) is 11.6 Å². The van der Waals surface area contributed by atoms with E-state index >= 15 is 0 Å². The molecule has 1 unspecified atom stereocenters. The second-order valence-corrected chi connectivity index (χ2v) is 11.7. The predicted octanol–water partition coefficient (Wildman–Crippen LogP) is 4.23. The molecule has 0 spiro atoms. The third-order valence-electron chi connectivity index (χ3n) is 4.24. The van der Waals surface area contributed by atoms with Crippen LogP contribution < -0.4 is 4.74 Å². The van der Waals surface area contributed by atoms with E-state index in [0.29, 0.717) is 11.8 Å². The molecule has 0 aromatic heterocycles. The highest BCUT2D eigenvalue weighted by atomic mass is 28.3. The molecule has 0 saturated heterocycles. The van der Waals surface area contributed by atoms with Gasteiger partial charge in [-0.25, -0.2) is 4.79 Å². The van der Waals surface area contributed by atoms with Crippen molar-refractivity contribution in [1.29, 1.82) is 0 Å². The van der Waals surface area contributed by atoms with Crippen molar-refractivity contribution in [1.82, 2.24) is 4.57 Å². The monoisotopic (exact) mass is 317 g/mol. The van der Waals surface area contributed by atoms with Gasteiger partial charge in [0.15, 0.2) is 0 Å². The number of hydrogen-bond donors (Lipinski definition) is 0. The molecule has 0 saturated carbocycles. The normalized spacial score (nSPS) is 19.0. The van der Waals surface area contributed by atoms with Crippen LogP contribution in [0.15, 0.2) is 42.0 Å². The molecule has 1 aliphatic rings. The first-order valence-corrected chi connectivity index (χ1v) is 11.6. The van der Waals surface area contributed by atoms with E-state index in [4.69, 9.17) is 4.74 Å². The van der Waals surface area contributed by atoms with Crippen LogP contribution in [0.2, 0.25) is 19.6 Å². The van der Waals surface area contributed by atoms with Gasteiger partial charge in [-0.3, -0.25) is 0 Å². The van der Waals surface area contributed by atoms with Crippen molar-refractivity contribution >= 4 is 14.2 Å². The largest absolute Gasteiger partial charge is 0.423 e. The van der Waals surface area contributed by atoms with E-state index in [0.717, 1.165) is 31.4 Å². The van der Waals surface area contributed by atoms with Crippen LogP contribution >= 0.6 is 0 Å². The van der Waals surface area contributed by atoms with Crippen molar-refractivity contribution in [3.05, 3.63) is 42.0 Å². The first kappa shape index (κ1) is 17.0. The third kappa shape index (κ3) is 4.30. The second-order valence-electron chi connectivity index (χ2n) is 6.82. The van der Waals surface area contributed by atoms with E-state index < -0.39 is 8.24 Å². The van der Waals surface area contributed by atoms with Gasteiger partial charge in [0.05, 0.1) is 0 Å². The van der Waals surface area contributed by atoms with Crippen molar-refractivity contribution in [3.8, 4) is 5.75 Å². The van der Waals surface area contributed by atoms with Crippen molar-refractivity contribution in [2.75, 3.05) is 6.54 Å². The molecule has 2 rings (SSSR count). The second kappa shape index (κ2) is 7.25. The number of ether oxygens (including phenoxy) is 1. The number of carbonyl (C=O) groups is 1. The fraction of sp³-hybridized carbons (Fsp3) is 0.500. The molecule has 3 nitrogen and oxygen atoms in total. The molecule has 0 bridgehead atoms. The molecule has 4 heteroatoms. The molecule has 1 aromatic rings. The van der Waals surface area contributed by atoms with Crippen LogP contribution in [-0.2, 0) is 4.79 Å². The standard InChI is InChI=1S/C18H27NO2Si/c1-5-19(22(2,3)4)16-13-11-15(12-14-16)18(20)21-17-9-7-6-8-10-17/h6-11,16H,5,12-14H2,1-4H3. The Bertz CT molecular complexity index is 534. The molecule has 22 heavy (non-hydrogen) atoms. The van der Waals surface area contributed by atoms with Gasteiger partial charge in [-0.05, 0) is 37.9 Å².